The van der Waals surface area contributed by atoms with Crippen LogP contribution < -0.4 is 5.32 Å². The highest BCUT2D eigenvalue weighted by Gasteiger charge is 2.13. The third-order valence-corrected chi connectivity index (χ3v) is 3.76. The highest BCUT2D eigenvalue weighted by molar-refractivity contribution is 9.11. The van der Waals surface area contributed by atoms with Crippen LogP contribution in [0, 0.1) is 5.82 Å². The average Bonchev–Trinajstić information content (AvgIpc) is 2.67. The maximum atomic E-state index is 13.4. The Bertz CT molecular complexity index is 573. The van der Waals surface area contributed by atoms with Crippen molar-refractivity contribution in [3.05, 3.63) is 44.0 Å². The number of hydrogen-bond acceptors (Lipinski definition) is 3. The number of carbonyl (C=O) groups is 1. The smallest absolute Gasteiger partial charge is 0.260 e. The van der Waals surface area contributed by atoms with Crippen molar-refractivity contribution in [2.24, 2.45) is 0 Å². The first-order chi connectivity index (χ1) is 8.06. The van der Waals surface area contributed by atoms with Crippen LogP contribution in [0.1, 0.15) is 10.4 Å². The number of aromatic nitrogens is 1. The summed E-state index contributed by atoms with van der Waals surface area (Å²) < 4.78 is 14.9. The average molecular weight is 380 g/mol. The van der Waals surface area contributed by atoms with E-state index >= 15 is 0 Å². The van der Waals surface area contributed by atoms with Crippen LogP contribution in [0.2, 0.25) is 0 Å². The summed E-state index contributed by atoms with van der Waals surface area (Å²) in [6.07, 6.45) is 1.57. The quantitative estimate of drug-likeness (QED) is 0.854. The van der Waals surface area contributed by atoms with Crippen molar-refractivity contribution in [2.45, 2.75) is 0 Å². The van der Waals surface area contributed by atoms with Gasteiger partial charge in [0.1, 0.15) is 5.82 Å². The van der Waals surface area contributed by atoms with Crippen LogP contribution in [-0.2, 0) is 0 Å². The van der Waals surface area contributed by atoms with Crippen LogP contribution >= 0.6 is 43.2 Å². The number of thiazole rings is 1. The highest BCUT2D eigenvalue weighted by Crippen LogP contribution is 2.24. The molecule has 1 heterocycles. The first-order valence-electron chi connectivity index (χ1n) is 4.44. The van der Waals surface area contributed by atoms with E-state index in [4.69, 9.17) is 0 Å². The lowest BCUT2D eigenvalue weighted by Gasteiger charge is -2.03. The Kier molecular flexibility index (Phi) is 3.90. The van der Waals surface area contributed by atoms with Gasteiger partial charge in [-0.3, -0.25) is 10.1 Å². The van der Waals surface area contributed by atoms with Gasteiger partial charge in [-0.1, -0.05) is 27.3 Å². The summed E-state index contributed by atoms with van der Waals surface area (Å²) in [4.78, 5) is 15.7. The SMILES string of the molecule is O=C(Nc1ncc(Br)s1)c1cc(Br)ccc1F. The molecule has 2 aromatic rings. The molecule has 0 fully saturated rings. The Morgan fingerprint density at radius 3 is 2.82 bits per heavy atom. The van der Waals surface area contributed by atoms with E-state index in [1.54, 1.807) is 6.20 Å². The van der Waals surface area contributed by atoms with E-state index in [0.717, 1.165) is 3.79 Å². The molecule has 0 saturated carbocycles. The molecule has 2 rings (SSSR count). The van der Waals surface area contributed by atoms with E-state index in [9.17, 15) is 9.18 Å². The van der Waals surface area contributed by atoms with Gasteiger partial charge >= 0.3 is 0 Å². The molecule has 88 valence electrons. The zero-order valence-corrected chi connectivity index (χ0v) is 12.2. The lowest BCUT2D eigenvalue weighted by Crippen LogP contribution is -2.13. The predicted octanol–water partition coefficient (Wildman–Crippen LogP) is 4.06. The first kappa shape index (κ1) is 12.7. The van der Waals surface area contributed by atoms with Crippen LogP contribution in [0.4, 0.5) is 9.52 Å². The van der Waals surface area contributed by atoms with Gasteiger partial charge in [-0.2, -0.15) is 0 Å². The van der Waals surface area contributed by atoms with Gasteiger partial charge in [-0.05, 0) is 34.1 Å². The number of hydrogen-bond donors (Lipinski definition) is 1. The molecule has 0 aliphatic carbocycles. The molecule has 0 spiro atoms. The van der Waals surface area contributed by atoms with Crippen LogP contribution in [0.25, 0.3) is 0 Å². The van der Waals surface area contributed by atoms with E-state index in [1.165, 1.54) is 29.5 Å². The van der Waals surface area contributed by atoms with Crippen molar-refractivity contribution >= 4 is 54.2 Å². The van der Waals surface area contributed by atoms with Gasteiger partial charge in [-0.25, -0.2) is 9.37 Å². The molecule has 0 unspecified atom stereocenters. The molecule has 0 aliphatic rings. The van der Waals surface area contributed by atoms with E-state index in [0.29, 0.717) is 9.60 Å². The molecule has 1 aromatic heterocycles. The molecular formula is C10H5Br2FN2OS. The molecule has 3 nitrogen and oxygen atoms in total. The van der Waals surface area contributed by atoms with Crippen molar-refractivity contribution in [1.29, 1.82) is 0 Å². The Morgan fingerprint density at radius 1 is 1.41 bits per heavy atom. The third kappa shape index (κ3) is 3.11. The zero-order valence-electron chi connectivity index (χ0n) is 8.21. The van der Waals surface area contributed by atoms with Crippen LogP contribution in [0.5, 0.6) is 0 Å². The lowest BCUT2D eigenvalue weighted by atomic mass is 10.2. The molecule has 0 radical (unpaired) electrons. The van der Waals surface area contributed by atoms with E-state index < -0.39 is 11.7 Å². The van der Waals surface area contributed by atoms with Gasteiger partial charge in [0.25, 0.3) is 5.91 Å². The minimum Gasteiger partial charge on any atom is -0.298 e. The summed E-state index contributed by atoms with van der Waals surface area (Å²) in [6, 6.07) is 4.19. The van der Waals surface area contributed by atoms with Crippen molar-refractivity contribution < 1.29 is 9.18 Å². The molecule has 7 heteroatoms. The fourth-order valence-electron chi connectivity index (χ4n) is 1.15. The number of amides is 1. The molecule has 1 N–H and O–H groups in total. The van der Waals surface area contributed by atoms with Gasteiger partial charge in [-0.15, -0.1) is 0 Å². The second-order valence-electron chi connectivity index (χ2n) is 3.05. The molecule has 0 saturated heterocycles. The molecular weight excluding hydrogens is 375 g/mol. The number of nitrogens with zero attached hydrogens (tertiary/aromatic N) is 1. The summed E-state index contributed by atoms with van der Waals surface area (Å²) in [5, 5.41) is 2.94. The van der Waals surface area contributed by atoms with Gasteiger partial charge in [0, 0.05) is 4.47 Å². The molecule has 0 atom stereocenters. The monoisotopic (exact) mass is 378 g/mol. The summed E-state index contributed by atoms with van der Waals surface area (Å²) in [7, 11) is 0. The standard InChI is InChI=1S/C10H5Br2FN2OS/c11-5-1-2-7(13)6(3-5)9(16)15-10-14-4-8(12)17-10/h1-4H,(H,14,15,16). The molecule has 0 bridgehead atoms. The summed E-state index contributed by atoms with van der Waals surface area (Å²) in [6.45, 7) is 0. The number of halogens is 3. The molecule has 1 amide bonds. The molecule has 1 aromatic carbocycles. The van der Waals surface area contributed by atoms with E-state index in [1.807, 2.05) is 0 Å². The highest BCUT2D eigenvalue weighted by atomic mass is 79.9. The topological polar surface area (TPSA) is 42.0 Å². The number of carbonyl (C=O) groups excluding carboxylic acids is 1. The largest absolute Gasteiger partial charge is 0.298 e. The van der Waals surface area contributed by atoms with Crippen molar-refractivity contribution in [3.63, 3.8) is 0 Å². The fourth-order valence-corrected chi connectivity index (χ4v) is 2.61. The zero-order chi connectivity index (χ0) is 12.4. The second kappa shape index (κ2) is 5.24. The maximum absolute atomic E-state index is 13.4. The number of nitrogens with one attached hydrogen (secondary N) is 1. The predicted molar refractivity (Wildman–Crippen MR) is 71.9 cm³/mol. The van der Waals surface area contributed by atoms with Crippen molar-refractivity contribution in [1.82, 2.24) is 4.98 Å². The van der Waals surface area contributed by atoms with E-state index in [-0.39, 0.29) is 5.56 Å². The first-order valence-corrected chi connectivity index (χ1v) is 6.84. The van der Waals surface area contributed by atoms with Crippen LogP contribution in [0.15, 0.2) is 32.7 Å². The van der Waals surface area contributed by atoms with Gasteiger partial charge in [0.15, 0.2) is 5.13 Å². The number of rotatable bonds is 2. The van der Waals surface area contributed by atoms with Crippen LogP contribution in [-0.4, -0.2) is 10.9 Å². The molecule has 0 aliphatic heterocycles. The Morgan fingerprint density at radius 2 is 2.18 bits per heavy atom. The Labute approximate surface area is 117 Å². The Balaban J connectivity index is 2.22. The van der Waals surface area contributed by atoms with Gasteiger partial charge < -0.3 is 0 Å². The minimum absolute atomic E-state index is 0.0225. The number of benzene rings is 1. The van der Waals surface area contributed by atoms with Crippen LogP contribution in [0.3, 0.4) is 0 Å². The maximum Gasteiger partial charge on any atom is 0.260 e. The number of anilines is 1. The van der Waals surface area contributed by atoms with Crippen molar-refractivity contribution in [2.75, 3.05) is 5.32 Å². The lowest BCUT2D eigenvalue weighted by molar-refractivity contribution is 0.102. The summed E-state index contributed by atoms with van der Waals surface area (Å²) >= 11 is 7.67. The normalized spacial score (nSPS) is 10.3. The van der Waals surface area contributed by atoms with Crippen molar-refractivity contribution in [3.8, 4) is 0 Å². The third-order valence-electron chi connectivity index (χ3n) is 1.87. The summed E-state index contributed by atoms with van der Waals surface area (Å²) in [5.74, 6) is -1.09. The Hall–Kier alpha value is -0.790. The summed E-state index contributed by atoms with van der Waals surface area (Å²) in [5.41, 5.74) is -0.0225. The molecule has 17 heavy (non-hydrogen) atoms. The fraction of sp³-hybridized carbons (Fsp3) is 0. The van der Waals surface area contributed by atoms with E-state index in [2.05, 4.69) is 42.2 Å². The minimum atomic E-state index is -0.568. The van der Waals surface area contributed by atoms with Gasteiger partial charge in [0.05, 0.1) is 15.5 Å². The van der Waals surface area contributed by atoms with Gasteiger partial charge in [0.2, 0.25) is 0 Å². The second-order valence-corrected chi connectivity index (χ2v) is 6.37.